The second kappa shape index (κ2) is 6.53. The number of nitrogens with zero attached hydrogens (tertiary/aromatic N) is 2. The Balaban J connectivity index is 2.63. The fraction of sp³-hybridized carbons (Fsp3) is 0.923. The summed E-state index contributed by atoms with van der Waals surface area (Å²) in [4.78, 5) is 0. The lowest BCUT2D eigenvalue weighted by atomic mass is 9.79. The number of sulfonamides is 1. The molecule has 1 heterocycles. The molecule has 104 valence electrons. The van der Waals surface area contributed by atoms with E-state index in [9.17, 15) is 8.42 Å². The molecule has 0 N–H and O–H groups in total. The zero-order chi connectivity index (χ0) is 13.6. The van der Waals surface area contributed by atoms with Crippen LogP contribution in [0.3, 0.4) is 0 Å². The first-order valence-corrected chi connectivity index (χ1v) is 8.39. The van der Waals surface area contributed by atoms with Crippen LogP contribution in [-0.2, 0) is 10.0 Å². The minimum absolute atomic E-state index is 0.114. The molecule has 18 heavy (non-hydrogen) atoms. The van der Waals surface area contributed by atoms with Gasteiger partial charge in [0.25, 0.3) is 0 Å². The summed E-state index contributed by atoms with van der Waals surface area (Å²) in [6.07, 6.45) is 5.01. The van der Waals surface area contributed by atoms with Crippen LogP contribution in [0, 0.1) is 16.7 Å². The lowest BCUT2D eigenvalue weighted by molar-refractivity contribution is 0.153. The average Bonchev–Trinajstić information content (AvgIpc) is 2.29. The zero-order valence-corrected chi connectivity index (χ0v) is 12.3. The van der Waals surface area contributed by atoms with Crippen molar-refractivity contribution in [3.8, 4) is 6.07 Å². The first-order chi connectivity index (χ1) is 8.43. The Labute approximate surface area is 111 Å². The van der Waals surface area contributed by atoms with Gasteiger partial charge in [0.05, 0.1) is 11.8 Å². The first-order valence-electron chi connectivity index (χ1n) is 6.78. The molecule has 0 bridgehead atoms. The highest BCUT2D eigenvalue weighted by Crippen LogP contribution is 2.35. The van der Waals surface area contributed by atoms with E-state index in [0.717, 1.165) is 25.7 Å². The molecule has 0 aromatic carbocycles. The van der Waals surface area contributed by atoms with Gasteiger partial charge >= 0.3 is 0 Å². The number of rotatable bonds is 6. The van der Waals surface area contributed by atoms with Gasteiger partial charge in [-0.25, -0.2) is 12.7 Å². The summed E-state index contributed by atoms with van der Waals surface area (Å²) in [5.41, 5.74) is 0.134. The molecule has 5 heteroatoms. The monoisotopic (exact) mass is 272 g/mol. The highest BCUT2D eigenvalue weighted by Gasteiger charge is 2.35. The van der Waals surface area contributed by atoms with Crippen molar-refractivity contribution >= 4 is 10.0 Å². The molecular formula is C13H24N2O2S. The molecule has 0 amide bonds. The molecule has 1 aliphatic rings. The van der Waals surface area contributed by atoms with Crippen LogP contribution in [0.15, 0.2) is 0 Å². The number of hydrogen-bond acceptors (Lipinski definition) is 3. The number of hydrogen-bond donors (Lipinski definition) is 0. The molecule has 0 saturated carbocycles. The van der Waals surface area contributed by atoms with E-state index in [4.69, 9.17) is 5.26 Å². The number of unbranched alkanes of at least 4 members (excludes halogenated alkanes) is 1. The van der Waals surface area contributed by atoms with Gasteiger partial charge in [0, 0.05) is 19.5 Å². The van der Waals surface area contributed by atoms with E-state index in [1.165, 1.54) is 0 Å². The third kappa shape index (κ3) is 4.25. The summed E-state index contributed by atoms with van der Waals surface area (Å²) in [5, 5.41) is 8.47. The lowest BCUT2D eigenvalue weighted by Gasteiger charge is -2.39. The van der Waals surface area contributed by atoms with E-state index in [-0.39, 0.29) is 11.2 Å². The van der Waals surface area contributed by atoms with Crippen molar-refractivity contribution in [3.05, 3.63) is 0 Å². The Morgan fingerprint density at radius 2 is 2.17 bits per heavy atom. The van der Waals surface area contributed by atoms with Crippen LogP contribution in [0.4, 0.5) is 0 Å². The molecule has 1 rings (SSSR count). The summed E-state index contributed by atoms with van der Waals surface area (Å²) in [6, 6.07) is 2.00. The normalized spacial score (nSPS) is 25.8. The standard InChI is InChI=1S/C13H24N2O2S/c1-3-7-13(2)8-6-10-15(12-13)18(16,17)11-5-4-9-14/h3-8,10-12H2,1-2H3/t13-/m0/s1. The van der Waals surface area contributed by atoms with Crippen molar-refractivity contribution in [2.24, 2.45) is 5.41 Å². The largest absolute Gasteiger partial charge is 0.214 e. The van der Waals surface area contributed by atoms with Crippen LogP contribution >= 0.6 is 0 Å². The molecule has 1 saturated heterocycles. The van der Waals surface area contributed by atoms with E-state index in [1.54, 1.807) is 4.31 Å². The first kappa shape index (κ1) is 15.5. The van der Waals surface area contributed by atoms with Gasteiger partial charge in [0.1, 0.15) is 0 Å². The SMILES string of the molecule is CCC[C@@]1(C)CCCN(S(=O)(=O)CCCC#N)C1. The summed E-state index contributed by atoms with van der Waals surface area (Å²) in [5.74, 6) is 0.114. The molecule has 0 aromatic rings. The van der Waals surface area contributed by atoms with Gasteiger partial charge in [-0.15, -0.1) is 0 Å². The van der Waals surface area contributed by atoms with E-state index < -0.39 is 10.0 Å². The van der Waals surface area contributed by atoms with Crippen LogP contribution in [-0.4, -0.2) is 31.6 Å². The second-order valence-corrected chi connectivity index (χ2v) is 7.66. The van der Waals surface area contributed by atoms with Crippen LogP contribution in [0.2, 0.25) is 0 Å². The van der Waals surface area contributed by atoms with Crippen molar-refractivity contribution in [2.45, 2.75) is 52.4 Å². The molecule has 1 fully saturated rings. The van der Waals surface area contributed by atoms with Crippen molar-refractivity contribution in [1.29, 1.82) is 5.26 Å². The number of nitriles is 1. The maximum absolute atomic E-state index is 12.2. The van der Waals surface area contributed by atoms with Gasteiger partial charge < -0.3 is 0 Å². The molecule has 0 radical (unpaired) electrons. The van der Waals surface area contributed by atoms with Crippen LogP contribution in [0.1, 0.15) is 52.4 Å². The minimum atomic E-state index is -3.16. The van der Waals surface area contributed by atoms with Gasteiger partial charge in [-0.2, -0.15) is 5.26 Å². The smallest absolute Gasteiger partial charge is 0.212 e. The molecule has 1 aliphatic heterocycles. The zero-order valence-electron chi connectivity index (χ0n) is 11.5. The van der Waals surface area contributed by atoms with Crippen molar-refractivity contribution < 1.29 is 8.42 Å². The Morgan fingerprint density at radius 3 is 2.78 bits per heavy atom. The van der Waals surface area contributed by atoms with Gasteiger partial charge in [-0.1, -0.05) is 20.3 Å². The summed E-state index contributed by atoms with van der Waals surface area (Å²) in [7, 11) is -3.16. The Hall–Kier alpha value is -0.600. The maximum Gasteiger partial charge on any atom is 0.214 e. The maximum atomic E-state index is 12.2. The molecule has 0 unspecified atom stereocenters. The van der Waals surface area contributed by atoms with Crippen molar-refractivity contribution in [2.75, 3.05) is 18.8 Å². The molecular weight excluding hydrogens is 248 g/mol. The fourth-order valence-corrected chi connectivity index (χ4v) is 4.46. The predicted octanol–water partition coefficient (Wildman–Crippen LogP) is 2.52. The van der Waals surface area contributed by atoms with E-state index in [0.29, 0.717) is 25.9 Å². The van der Waals surface area contributed by atoms with E-state index in [2.05, 4.69) is 13.8 Å². The Bertz CT molecular complexity index is 396. The third-order valence-electron chi connectivity index (χ3n) is 3.68. The highest BCUT2D eigenvalue weighted by molar-refractivity contribution is 7.89. The summed E-state index contributed by atoms with van der Waals surface area (Å²) in [6.45, 7) is 5.63. The molecule has 0 aliphatic carbocycles. The molecule has 4 nitrogen and oxygen atoms in total. The van der Waals surface area contributed by atoms with Gasteiger partial charge in [-0.3, -0.25) is 0 Å². The average molecular weight is 272 g/mol. The Kier molecular flexibility index (Phi) is 5.61. The van der Waals surface area contributed by atoms with E-state index in [1.807, 2.05) is 6.07 Å². The van der Waals surface area contributed by atoms with Crippen molar-refractivity contribution in [1.82, 2.24) is 4.31 Å². The van der Waals surface area contributed by atoms with Crippen LogP contribution < -0.4 is 0 Å². The molecule has 0 aromatic heterocycles. The topological polar surface area (TPSA) is 61.2 Å². The van der Waals surface area contributed by atoms with Gasteiger partial charge in [0.2, 0.25) is 10.0 Å². The second-order valence-electron chi connectivity index (χ2n) is 5.58. The quantitative estimate of drug-likeness (QED) is 0.698. The van der Waals surface area contributed by atoms with Gasteiger partial charge in [0.15, 0.2) is 0 Å². The molecule has 1 atom stereocenters. The molecule has 0 spiro atoms. The summed E-state index contributed by atoms with van der Waals surface area (Å²) >= 11 is 0. The highest BCUT2D eigenvalue weighted by atomic mass is 32.2. The summed E-state index contributed by atoms with van der Waals surface area (Å²) < 4.78 is 26.0. The van der Waals surface area contributed by atoms with Crippen LogP contribution in [0.5, 0.6) is 0 Å². The fourth-order valence-electron chi connectivity index (χ4n) is 2.77. The Morgan fingerprint density at radius 1 is 1.44 bits per heavy atom. The minimum Gasteiger partial charge on any atom is -0.212 e. The third-order valence-corrected chi connectivity index (χ3v) is 5.59. The lowest BCUT2D eigenvalue weighted by Crippen LogP contribution is -2.45. The van der Waals surface area contributed by atoms with Crippen LogP contribution in [0.25, 0.3) is 0 Å². The van der Waals surface area contributed by atoms with Gasteiger partial charge in [-0.05, 0) is 31.1 Å². The number of piperidine rings is 1. The van der Waals surface area contributed by atoms with Crippen molar-refractivity contribution in [3.63, 3.8) is 0 Å². The van der Waals surface area contributed by atoms with E-state index >= 15 is 0 Å². The predicted molar refractivity (Wildman–Crippen MR) is 72.5 cm³/mol.